The standard InChI is InChI=1S/C53H53N5O12/c1-52(2,3)50(63)65-35-22-20-32-28-34-33-21-23-36(44-53(33,25-27-57(34)4)38(32)39(35)66-44)64-49-43(69-48(62)31-18-12-7-13-19-31)41(68-47(61)30-16-10-6-11-17-30)40(67-46(60)29-14-8-5-9-15-29)42(70-49)45-55-51-54-37(59)24-26-58(51)56-45/h5-23,33-34,36-37,40-44,49,59H,24-28H2,1-4H3,(H,54,55,56)/t33-,34+,36-,37?,40-,41-,42-,43+,44-,49+,53-/m0/s1. The average molecular weight is 952 g/mol. The van der Waals surface area contributed by atoms with Crippen molar-refractivity contribution in [3.63, 3.8) is 0 Å². The lowest BCUT2D eigenvalue weighted by molar-refractivity contribution is -0.311. The Labute approximate surface area is 403 Å². The van der Waals surface area contributed by atoms with Crippen LogP contribution in [0.5, 0.6) is 11.5 Å². The molecule has 362 valence electrons. The van der Waals surface area contributed by atoms with Crippen LogP contribution in [0.4, 0.5) is 5.95 Å². The van der Waals surface area contributed by atoms with Crippen LogP contribution in [0, 0.1) is 11.3 Å². The zero-order valence-corrected chi connectivity index (χ0v) is 39.0. The highest BCUT2D eigenvalue weighted by molar-refractivity contribution is 5.91. The number of carbonyl (C=O) groups is 4. The van der Waals surface area contributed by atoms with Gasteiger partial charge in [0, 0.05) is 35.9 Å². The summed E-state index contributed by atoms with van der Waals surface area (Å²) in [6.45, 7) is 6.42. The second-order valence-corrected chi connectivity index (χ2v) is 19.8. The van der Waals surface area contributed by atoms with Gasteiger partial charge in [-0.2, -0.15) is 10.1 Å². The molecule has 1 spiro atoms. The number of hydrogen-bond acceptors (Lipinski definition) is 16. The van der Waals surface area contributed by atoms with Crippen LogP contribution >= 0.6 is 0 Å². The molecule has 2 aliphatic carbocycles. The molecule has 70 heavy (non-hydrogen) atoms. The van der Waals surface area contributed by atoms with Crippen LogP contribution in [-0.2, 0) is 46.9 Å². The van der Waals surface area contributed by atoms with Crippen LogP contribution in [0.2, 0.25) is 0 Å². The third-order valence-corrected chi connectivity index (χ3v) is 14.3. The number of nitrogens with one attached hydrogen (secondary N) is 1. The summed E-state index contributed by atoms with van der Waals surface area (Å²) in [7, 11) is 2.13. The molecule has 11 rings (SSSR count). The van der Waals surface area contributed by atoms with Gasteiger partial charge in [-0.05, 0) is 95.2 Å². The zero-order chi connectivity index (χ0) is 48.5. The number of fused-ring (bicyclic) bond motifs is 1. The Bertz CT molecular complexity index is 2850. The maximum absolute atomic E-state index is 14.4. The highest BCUT2D eigenvalue weighted by atomic mass is 16.7. The van der Waals surface area contributed by atoms with Crippen LogP contribution in [-0.4, -0.2) is 111 Å². The summed E-state index contributed by atoms with van der Waals surface area (Å²) in [5, 5.41) is 18.2. The molecular weight excluding hydrogens is 899 g/mol. The number of hydrogen-bond donors (Lipinski definition) is 2. The predicted octanol–water partition coefficient (Wildman–Crippen LogP) is 5.97. The van der Waals surface area contributed by atoms with Crippen molar-refractivity contribution >= 4 is 29.8 Å². The molecule has 2 saturated heterocycles. The third kappa shape index (κ3) is 7.99. The number of rotatable bonds is 10. The minimum Gasteiger partial charge on any atom is -0.482 e. The van der Waals surface area contributed by atoms with E-state index in [2.05, 4.69) is 23.3 Å². The van der Waals surface area contributed by atoms with E-state index in [0.717, 1.165) is 24.1 Å². The van der Waals surface area contributed by atoms with E-state index < -0.39 is 83.8 Å². The summed E-state index contributed by atoms with van der Waals surface area (Å²) in [5.41, 5.74) is 1.16. The van der Waals surface area contributed by atoms with Crippen LogP contribution in [0.15, 0.2) is 115 Å². The van der Waals surface area contributed by atoms with Crippen molar-refractivity contribution in [1.29, 1.82) is 0 Å². The molecule has 5 aromatic rings. The molecular formula is C53H53N5O12. The van der Waals surface area contributed by atoms with Gasteiger partial charge in [0.25, 0.3) is 0 Å². The summed E-state index contributed by atoms with van der Waals surface area (Å²) < 4.78 is 48.1. The number of ether oxygens (including phenoxy) is 7. The summed E-state index contributed by atoms with van der Waals surface area (Å²) in [6, 6.07) is 28.8. The van der Waals surface area contributed by atoms with Crippen LogP contribution < -0.4 is 14.8 Å². The van der Waals surface area contributed by atoms with Crippen LogP contribution in [0.1, 0.15) is 87.7 Å². The Morgan fingerprint density at radius 3 is 2.03 bits per heavy atom. The van der Waals surface area contributed by atoms with E-state index >= 15 is 0 Å². The second kappa shape index (κ2) is 17.8. The van der Waals surface area contributed by atoms with Crippen molar-refractivity contribution in [2.75, 3.05) is 18.9 Å². The van der Waals surface area contributed by atoms with Gasteiger partial charge < -0.3 is 48.5 Å². The highest BCUT2D eigenvalue weighted by Crippen LogP contribution is 2.63. The van der Waals surface area contributed by atoms with Gasteiger partial charge in [0.2, 0.25) is 12.2 Å². The summed E-state index contributed by atoms with van der Waals surface area (Å²) >= 11 is 0. The maximum atomic E-state index is 14.4. The molecule has 17 heteroatoms. The van der Waals surface area contributed by atoms with Crippen LogP contribution in [0.25, 0.3) is 0 Å². The molecule has 4 aliphatic heterocycles. The maximum Gasteiger partial charge on any atom is 0.338 e. The van der Waals surface area contributed by atoms with Gasteiger partial charge in [-0.15, -0.1) is 0 Å². The lowest BCUT2D eigenvalue weighted by Crippen LogP contribution is -2.66. The molecule has 2 fully saturated rings. The number of likely N-dealkylation sites (N-methyl/N-ethyl adjacent to an activating group) is 1. The van der Waals surface area contributed by atoms with E-state index in [-0.39, 0.29) is 40.4 Å². The number of likely N-dealkylation sites (tertiary alicyclic amines) is 1. The molecule has 6 aliphatic rings. The summed E-state index contributed by atoms with van der Waals surface area (Å²) in [6.07, 6.45) is -4.48. The van der Waals surface area contributed by atoms with Crippen molar-refractivity contribution < 1.29 is 57.4 Å². The molecule has 17 nitrogen and oxygen atoms in total. The molecule has 11 atom stereocenters. The van der Waals surface area contributed by atoms with Gasteiger partial charge in [-0.3, -0.25) is 4.79 Å². The number of aromatic nitrogens is 3. The van der Waals surface area contributed by atoms with Crippen molar-refractivity contribution in [2.45, 2.75) is 107 Å². The average Bonchev–Trinajstić information content (AvgIpc) is 3.95. The molecule has 5 heterocycles. The van der Waals surface area contributed by atoms with Crippen molar-refractivity contribution in [3.8, 4) is 11.5 Å². The summed E-state index contributed by atoms with van der Waals surface area (Å²) in [4.78, 5) is 63.5. The fraction of sp³-hybridized carbons (Fsp3) is 0.396. The number of benzene rings is 4. The van der Waals surface area contributed by atoms with Crippen molar-refractivity contribution in [3.05, 3.63) is 149 Å². The number of esters is 4. The Balaban J connectivity index is 1.04. The highest BCUT2D eigenvalue weighted by Gasteiger charge is 2.66. The fourth-order valence-electron chi connectivity index (χ4n) is 10.8. The van der Waals surface area contributed by atoms with Gasteiger partial charge in [-0.1, -0.05) is 72.8 Å². The number of carbonyl (C=O) groups excluding carboxylic acids is 4. The molecule has 1 unspecified atom stereocenters. The molecule has 0 radical (unpaired) electrons. The first-order valence-electron chi connectivity index (χ1n) is 23.7. The molecule has 1 aromatic heterocycles. The van der Waals surface area contributed by atoms with E-state index in [1.54, 1.807) is 123 Å². The normalized spacial score (nSPS) is 29.3. The van der Waals surface area contributed by atoms with Gasteiger partial charge >= 0.3 is 23.9 Å². The van der Waals surface area contributed by atoms with E-state index in [0.29, 0.717) is 30.9 Å². The minimum absolute atomic E-state index is 0.00686. The summed E-state index contributed by atoms with van der Waals surface area (Å²) in [5.74, 6) is -1.82. The number of aryl methyl sites for hydroxylation is 1. The second-order valence-electron chi connectivity index (χ2n) is 19.8. The van der Waals surface area contributed by atoms with Gasteiger partial charge in [-0.25, -0.2) is 19.1 Å². The number of piperidine rings is 1. The largest absolute Gasteiger partial charge is 0.482 e. The third-order valence-electron chi connectivity index (χ3n) is 14.3. The predicted molar refractivity (Wildman–Crippen MR) is 249 cm³/mol. The fourth-order valence-corrected chi connectivity index (χ4v) is 10.8. The van der Waals surface area contributed by atoms with E-state index in [1.165, 1.54) is 0 Å². The van der Waals surface area contributed by atoms with Gasteiger partial charge in [0.1, 0.15) is 18.4 Å². The lowest BCUT2D eigenvalue weighted by Gasteiger charge is -2.57. The zero-order valence-electron chi connectivity index (χ0n) is 39.0. The number of aliphatic hydroxyl groups excluding tert-OH is 1. The Morgan fingerprint density at radius 1 is 0.786 bits per heavy atom. The first-order chi connectivity index (χ1) is 33.8. The smallest absolute Gasteiger partial charge is 0.338 e. The van der Waals surface area contributed by atoms with Gasteiger partial charge in [0.05, 0.1) is 22.1 Å². The topological polar surface area (TPSA) is 199 Å². The first-order valence-corrected chi connectivity index (χ1v) is 23.7. The van der Waals surface area contributed by atoms with Crippen molar-refractivity contribution in [1.82, 2.24) is 19.7 Å². The lowest BCUT2D eigenvalue weighted by atomic mass is 9.53. The van der Waals surface area contributed by atoms with E-state index in [1.807, 2.05) is 12.1 Å². The Kier molecular flexibility index (Phi) is 11.6. The Hall–Kier alpha value is -6.92. The molecule has 2 N–H and O–H groups in total. The Morgan fingerprint density at radius 2 is 1.40 bits per heavy atom. The molecule has 4 aromatic carbocycles. The minimum atomic E-state index is -1.62. The monoisotopic (exact) mass is 951 g/mol. The van der Waals surface area contributed by atoms with E-state index in [9.17, 15) is 24.3 Å². The first kappa shape index (κ1) is 45.5. The van der Waals surface area contributed by atoms with Crippen molar-refractivity contribution in [2.24, 2.45) is 11.3 Å². The quantitative estimate of drug-likeness (QED) is 0.0718. The molecule has 2 bridgehead atoms. The van der Waals surface area contributed by atoms with Crippen LogP contribution in [0.3, 0.4) is 0 Å². The van der Waals surface area contributed by atoms with Gasteiger partial charge in [0.15, 0.2) is 41.7 Å². The number of aliphatic hydroxyl groups is 1. The molecule has 0 saturated carbocycles. The molecule has 0 amide bonds. The number of anilines is 1. The van der Waals surface area contributed by atoms with E-state index in [4.69, 9.17) is 43.2 Å². The number of nitrogens with zero attached hydrogens (tertiary/aromatic N) is 4. The SMILES string of the molecule is CN1CC[C@]23c4c5ccc(OC(=O)C(C)(C)C)c4O[C@H]2[C@@H](O[C@@H]2O[C@H](c4nc6n(n4)CCC(O)N6)[C@@H](OC(=O)c4ccccc4)[C@H](OC(=O)c4ccccc4)[C@H]2OC(=O)c2ccccc2)C=C[C@H]3[C@H]1C5.